The van der Waals surface area contributed by atoms with Crippen molar-refractivity contribution in [1.82, 2.24) is 4.98 Å². The second-order valence-electron chi connectivity index (χ2n) is 6.72. The Balaban J connectivity index is 1.66. The van der Waals surface area contributed by atoms with Crippen molar-refractivity contribution in [2.75, 3.05) is 18.5 Å². The molecule has 0 aliphatic carbocycles. The summed E-state index contributed by atoms with van der Waals surface area (Å²) in [6.45, 7) is 5.84. The fraction of sp³-hybridized carbons (Fsp3) is 0.261. The Kier molecular flexibility index (Phi) is 7.19. The van der Waals surface area contributed by atoms with Crippen molar-refractivity contribution in [3.05, 3.63) is 64.0 Å². The fourth-order valence-corrected chi connectivity index (χ4v) is 3.84. The number of ether oxygens (including phenoxy) is 2. The van der Waals surface area contributed by atoms with Crippen molar-refractivity contribution in [3.8, 4) is 17.0 Å². The van der Waals surface area contributed by atoms with E-state index in [1.165, 1.54) is 16.9 Å². The first-order chi connectivity index (χ1) is 14.4. The normalized spacial score (nSPS) is 10.5. The second-order valence-corrected chi connectivity index (χ2v) is 8.00. The average molecular weight is 425 g/mol. The van der Waals surface area contributed by atoms with Gasteiger partial charge in [-0.25, -0.2) is 9.78 Å². The van der Waals surface area contributed by atoms with Gasteiger partial charge in [-0.2, -0.15) is 0 Å². The van der Waals surface area contributed by atoms with Crippen molar-refractivity contribution < 1.29 is 19.1 Å². The maximum absolute atomic E-state index is 12.6. The van der Waals surface area contributed by atoms with Gasteiger partial charge in [-0.1, -0.05) is 35.9 Å². The molecule has 156 valence electrons. The molecule has 0 bridgehead atoms. The van der Waals surface area contributed by atoms with Crippen molar-refractivity contribution in [2.24, 2.45) is 0 Å². The van der Waals surface area contributed by atoms with E-state index in [-0.39, 0.29) is 18.9 Å². The molecule has 1 amide bonds. The summed E-state index contributed by atoms with van der Waals surface area (Å²) in [4.78, 5) is 29.6. The van der Waals surface area contributed by atoms with Gasteiger partial charge in [0.25, 0.3) is 0 Å². The zero-order valence-corrected chi connectivity index (χ0v) is 18.0. The molecule has 0 unspecified atom stereocenters. The van der Waals surface area contributed by atoms with Crippen LogP contribution in [0.25, 0.3) is 11.3 Å². The minimum atomic E-state index is -0.434. The molecule has 0 aliphatic heterocycles. The zero-order valence-electron chi connectivity index (χ0n) is 17.2. The Labute approximate surface area is 179 Å². The molecular formula is C23H24N2O4S. The van der Waals surface area contributed by atoms with Gasteiger partial charge in [0.1, 0.15) is 5.75 Å². The highest BCUT2D eigenvalue weighted by molar-refractivity contribution is 7.12. The fourth-order valence-electron chi connectivity index (χ4n) is 2.89. The lowest BCUT2D eigenvalue weighted by molar-refractivity contribution is -0.145. The van der Waals surface area contributed by atoms with Crippen LogP contribution in [0.2, 0.25) is 0 Å². The van der Waals surface area contributed by atoms with Gasteiger partial charge in [-0.15, -0.1) is 11.3 Å². The van der Waals surface area contributed by atoms with E-state index >= 15 is 0 Å². The lowest BCUT2D eigenvalue weighted by atomic mass is 10.1. The number of esters is 1. The number of benzene rings is 2. The average Bonchev–Trinajstić information content (AvgIpc) is 3.07. The Morgan fingerprint density at radius 2 is 1.87 bits per heavy atom. The standard InChI is InChI=1S/C23H24N2O4S/c1-4-28-22(27)14-29-19-7-5-6-18(12-19)25-21(26)13-20-23(24-16(3)30-20)17-10-8-15(2)9-11-17/h5-12H,4,13-14H2,1-3H3,(H,25,26). The van der Waals surface area contributed by atoms with Gasteiger partial charge in [0.15, 0.2) is 6.61 Å². The van der Waals surface area contributed by atoms with E-state index in [1.54, 1.807) is 31.2 Å². The van der Waals surface area contributed by atoms with Crippen LogP contribution in [-0.4, -0.2) is 30.1 Å². The van der Waals surface area contributed by atoms with Gasteiger partial charge in [-0.05, 0) is 32.9 Å². The van der Waals surface area contributed by atoms with E-state index in [2.05, 4.69) is 10.3 Å². The summed E-state index contributed by atoms with van der Waals surface area (Å²) in [5, 5.41) is 3.80. The number of hydrogen-bond donors (Lipinski definition) is 1. The first-order valence-electron chi connectivity index (χ1n) is 9.66. The molecule has 0 atom stereocenters. The second kappa shape index (κ2) is 10.0. The minimum Gasteiger partial charge on any atom is -0.482 e. The minimum absolute atomic E-state index is 0.144. The molecule has 0 aliphatic rings. The molecular weight excluding hydrogens is 400 g/mol. The summed E-state index contributed by atoms with van der Waals surface area (Å²) in [5.41, 5.74) is 3.62. The molecule has 3 rings (SSSR count). The van der Waals surface area contributed by atoms with Gasteiger partial charge in [0, 0.05) is 22.2 Å². The molecule has 1 aromatic heterocycles. The topological polar surface area (TPSA) is 77.5 Å². The Morgan fingerprint density at radius 3 is 2.60 bits per heavy atom. The summed E-state index contributed by atoms with van der Waals surface area (Å²) in [5.74, 6) is -0.0967. The third kappa shape index (κ3) is 5.90. The van der Waals surface area contributed by atoms with E-state index in [9.17, 15) is 9.59 Å². The summed E-state index contributed by atoms with van der Waals surface area (Å²) in [6, 6.07) is 15.0. The van der Waals surface area contributed by atoms with Crippen molar-refractivity contribution in [2.45, 2.75) is 27.2 Å². The first kappa shape index (κ1) is 21.5. The highest BCUT2D eigenvalue weighted by atomic mass is 32.1. The Hall–Kier alpha value is -3.19. The number of carbonyl (C=O) groups is 2. The number of rotatable bonds is 8. The van der Waals surface area contributed by atoms with Crippen LogP contribution in [0.5, 0.6) is 5.75 Å². The van der Waals surface area contributed by atoms with Crippen LogP contribution >= 0.6 is 11.3 Å². The highest BCUT2D eigenvalue weighted by Gasteiger charge is 2.15. The van der Waals surface area contributed by atoms with Crippen LogP contribution in [0.4, 0.5) is 5.69 Å². The molecule has 2 aromatic carbocycles. The zero-order chi connectivity index (χ0) is 21.5. The molecule has 0 radical (unpaired) electrons. The van der Waals surface area contributed by atoms with Crippen LogP contribution in [0, 0.1) is 13.8 Å². The van der Waals surface area contributed by atoms with Gasteiger partial charge < -0.3 is 14.8 Å². The molecule has 30 heavy (non-hydrogen) atoms. The highest BCUT2D eigenvalue weighted by Crippen LogP contribution is 2.29. The molecule has 7 heteroatoms. The smallest absolute Gasteiger partial charge is 0.344 e. The molecule has 0 fully saturated rings. The quantitative estimate of drug-likeness (QED) is 0.537. The van der Waals surface area contributed by atoms with Crippen LogP contribution in [0.3, 0.4) is 0 Å². The molecule has 1 heterocycles. The number of nitrogens with one attached hydrogen (secondary N) is 1. The number of aromatic nitrogens is 1. The summed E-state index contributed by atoms with van der Waals surface area (Å²) in [7, 11) is 0. The predicted molar refractivity (Wildman–Crippen MR) is 118 cm³/mol. The van der Waals surface area contributed by atoms with Gasteiger partial charge >= 0.3 is 5.97 Å². The molecule has 0 saturated heterocycles. The maximum Gasteiger partial charge on any atom is 0.344 e. The molecule has 1 N–H and O–H groups in total. The van der Waals surface area contributed by atoms with Crippen LogP contribution < -0.4 is 10.1 Å². The lowest BCUT2D eigenvalue weighted by Crippen LogP contribution is -2.15. The SMILES string of the molecule is CCOC(=O)COc1cccc(NC(=O)Cc2sc(C)nc2-c2ccc(C)cc2)c1. The summed E-state index contributed by atoms with van der Waals surface area (Å²) in [6.07, 6.45) is 0.225. The number of aryl methyl sites for hydroxylation is 2. The van der Waals surface area contributed by atoms with E-state index in [0.29, 0.717) is 18.0 Å². The predicted octanol–water partition coefficient (Wildman–Crippen LogP) is 4.55. The van der Waals surface area contributed by atoms with Gasteiger partial charge in [0.2, 0.25) is 5.91 Å². The summed E-state index contributed by atoms with van der Waals surface area (Å²) < 4.78 is 10.3. The van der Waals surface area contributed by atoms with Crippen LogP contribution in [0.15, 0.2) is 48.5 Å². The number of hydrogen-bond acceptors (Lipinski definition) is 6. The van der Waals surface area contributed by atoms with Gasteiger partial charge in [0.05, 0.1) is 23.7 Å². The van der Waals surface area contributed by atoms with E-state index in [4.69, 9.17) is 9.47 Å². The number of amides is 1. The molecule has 0 spiro atoms. The number of anilines is 1. The monoisotopic (exact) mass is 424 g/mol. The van der Waals surface area contributed by atoms with E-state index < -0.39 is 5.97 Å². The van der Waals surface area contributed by atoms with Crippen molar-refractivity contribution >= 4 is 28.9 Å². The number of carbonyl (C=O) groups excluding carboxylic acids is 2. The number of nitrogens with zero attached hydrogens (tertiary/aromatic N) is 1. The molecule has 3 aromatic rings. The Morgan fingerprint density at radius 1 is 1.10 bits per heavy atom. The van der Waals surface area contributed by atoms with Gasteiger partial charge in [-0.3, -0.25) is 4.79 Å². The first-order valence-corrected chi connectivity index (χ1v) is 10.5. The van der Waals surface area contributed by atoms with Crippen LogP contribution in [-0.2, 0) is 20.7 Å². The van der Waals surface area contributed by atoms with E-state index in [0.717, 1.165) is 21.1 Å². The largest absolute Gasteiger partial charge is 0.482 e. The summed E-state index contributed by atoms with van der Waals surface area (Å²) >= 11 is 1.52. The Bertz CT molecular complexity index is 1030. The van der Waals surface area contributed by atoms with Crippen LogP contribution in [0.1, 0.15) is 22.4 Å². The number of thiazole rings is 1. The third-order valence-electron chi connectivity index (χ3n) is 4.23. The molecule has 6 nitrogen and oxygen atoms in total. The maximum atomic E-state index is 12.6. The molecule has 0 saturated carbocycles. The van der Waals surface area contributed by atoms with Crippen molar-refractivity contribution in [3.63, 3.8) is 0 Å². The lowest BCUT2D eigenvalue weighted by Gasteiger charge is -2.09. The third-order valence-corrected chi connectivity index (χ3v) is 5.20. The van der Waals surface area contributed by atoms with Crippen molar-refractivity contribution in [1.29, 1.82) is 0 Å². The van der Waals surface area contributed by atoms with E-state index in [1.807, 2.05) is 38.1 Å².